The topological polar surface area (TPSA) is 3.24 Å². The van der Waals surface area contributed by atoms with Gasteiger partial charge in [0.05, 0.1) is 0 Å². The normalized spacial score (nSPS) is 21.7. The van der Waals surface area contributed by atoms with Gasteiger partial charge in [0.2, 0.25) is 0 Å². The van der Waals surface area contributed by atoms with E-state index in [1.807, 2.05) is 0 Å². The molecule has 1 fully saturated rings. The molecule has 0 N–H and O–H groups in total. The van der Waals surface area contributed by atoms with Crippen LogP contribution in [0.1, 0.15) is 47.0 Å². The second kappa shape index (κ2) is 4.99. The lowest BCUT2D eigenvalue weighted by Crippen LogP contribution is -2.38. The molecule has 1 nitrogen and oxygen atoms in total. The molecule has 0 unspecified atom stereocenters. The van der Waals surface area contributed by atoms with E-state index in [0.29, 0.717) is 0 Å². The predicted octanol–water partition coefficient (Wildman–Crippen LogP) is 3.15. The molecule has 78 valence electrons. The van der Waals surface area contributed by atoms with Gasteiger partial charge in [0, 0.05) is 6.04 Å². The highest BCUT2D eigenvalue weighted by Crippen LogP contribution is 2.24. The molecule has 13 heavy (non-hydrogen) atoms. The molecule has 0 atom stereocenters. The third-order valence-corrected chi connectivity index (χ3v) is 3.18. The second-order valence-corrected chi connectivity index (χ2v) is 5.20. The summed E-state index contributed by atoms with van der Waals surface area (Å²) >= 11 is 0. The highest BCUT2D eigenvalue weighted by atomic mass is 15.1. The van der Waals surface area contributed by atoms with Gasteiger partial charge in [-0.3, -0.25) is 0 Å². The molecule has 0 aromatic heterocycles. The van der Waals surface area contributed by atoms with Crippen molar-refractivity contribution in [3.8, 4) is 0 Å². The van der Waals surface area contributed by atoms with Gasteiger partial charge in [-0.2, -0.15) is 0 Å². The van der Waals surface area contributed by atoms with Crippen molar-refractivity contribution in [3.05, 3.63) is 0 Å². The Labute approximate surface area is 83.5 Å². The third-order valence-electron chi connectivity index (χ3n) is 3.18. The Balaban J connectivity index is 2.22. The summed E-state index contributed by atoms with van der Waals surface area (Å²) in [7, 11) is 0. The van der Waals surface area contributed by atoms with Crippen LogP contribution >= 0.6 is 0 Å². The molecule has 0 aromatic carbocycles. The predicted molar refractivity (Wildman–Crippen MR) is 58.9 cm³/mol. The van der Waals surface area contributed by atoms with E-state index in [9.17, 15) is 0 Å². The minimum atomic E-state index is 0.750. The number of rotatable bonds is 3. The number of nitrogens with zero attached hydrogens (tertiary/aromatic N) is 1. The van der Waals surface area contributed by atoms with E-state index < -0.39 is 0 Å². The van der Waals surface area contributed by atoms with E-state index >= 15 is 0 Å². The summed E-state index contributed by atoms with van der Waals surface area (Å²) in [6.07, 6.45) is 4.29. The van der Waals surface area contributed by atoms with E-state index in [1.54, 1.807) is 0 Å². The lowest BCUT2D eigenvalue weighted by Gasteiger charge is -2.35. The first-order valence-electron chi connectivity index (χ1n) is 5.83. The quantitative estimate of drug-likeness (QED) is 0.649. The van der Waals surface area contributed by atoms with Crippen molar-refractivity contribution in [2.24, 2.45) is 11.8 Å². The smallest absolute Gasteiger partial charge is 0.00385 e. The van der Waals surface area contributed by atoms with Crippen LogP contribution in [0.4, 0.5) is 0 Å². The number of hydrogen-bond donors (Lipinski definition) is 0. The maximum absolute atomic E-state index is 2.61. The summed E-state index contributed by atoms with van der Waals surface area (Å²) in [6, 6.07) is 0.750. The minimum absolute atomic E-state index is 0.750. The average Bonchev–Trinajstić information content (AvgIpc) is 2.04. The Morgan fingerprint density at radius 3 is 2.00 bits per heavy atom. The van der Waals surface area contributed by atoms with Crippen molar-refractivity contribution >= 4 is 0 Å². The van der Waals surface area contributed by atoms with Gasteiger partial charge >= 0.3 is 0 Å². The molecule has 1 rings (SSSR count). The van der Waals surface area contributed by atoms with Gasteiger partial charge < -0.3 is 4.90 Å². The fourth-order valence-corrected chi connectivity index (χ4v) is 2.37. The van der Waals surface area contributed by atoms with Crippen LogP contribution in [0, 0.1) is 11.8 Å². The third kappa shape index (κ3) is 3.68. The maximum Gasteiger partial charge on any atom is 0.00385 e. The standard InChI is InChI=1S/C12H25N/c1-10(2)9-12-5-7-13(8-6-12)11(3)4/h10-12H,5-9H2,1-4H3. The van der Waals surface area contributed by atoms with Gasteiger partial charge in [0.1, 0.15) is 0 Å². The molecular formula is C12H25N. The molecular weight excluding hydrogens is 158 g/mol. The molecule has 0 radical (unpaired) electrons. The fraction of sp³-hybridized carbons (Fsp3) is 1.00. The van der Waals surface area contributed by atoms with Crippen LogP contribution in [0.3, 0.4) is 0 Å². The van der Waals surface area contributed by atoms with Crippen LogP contribution in [0.2, 0.25) is 0 Å². The van der Waals surface area contributed by atoms with Crippen LogP contribution < -0.4 is 0 Å². The van der Waals surface area contributed by atoms with E-state index in [-0.39, 0.29) is 0 Å². The summed E-state index contributed by atoms with van der Waals surface area (Å²) in [5, 5.41) is 0. The van der Waals surface area contributed by atoms with E-state index in [2.05, 4.69) is 32.6 Å². The summed E-state index contributed by atoms with van der Waals surface area (Å²) in [6.45, 7) is 12.0. The molecule has 0 amide bonds. The Morgan fingerprint density at radius 2 is 1.62 bits per heavy atom. The van der Waals surface area contributed by atoms with Crippen molar-refractivity contribution in [1.29, 1.82) is 0 Å². The number of hydrogen-bond acceptors (Lipinski definition) is 1. The second-order valence-electron chi connectivity index (χ2n) is 5.20. The van der Waals surface area contributed by atoms with Gasteiger partial charge in [0.25, 0.3) is 0 Å². The highest BCUT2D eigenvalue weighted by molar-refractivity contribution is 4.74. The van der Waals surface area contributed by atoms with Crippen molar-refractivity contribution in [2.75, 3.05) is 13.1 Å². The fourth-order valence-electron chi connectivity index (χ4n) is 2.37. The van der Waals surface area contributed by atoms with Crippen molar-refractivity contribution < 1.29 is 0 Å². The average molecular weight is 183 g/mol. The SMILES string of the molecule is CC(C)CC1CCN(C(C)C)CC1. The first kappa shape index (κ1) is 11.0. The van der Waals surface area contributed by atoms with Crippen LogP contribution in [-0.2, 0) is 0 Å². The first-order chi connectivity index (χ1) is 6.09. The molecule has 1 heteroatoms. The number of likely N-dealkylation sites (tertiary alicyclic amines) is 1. The van der Waals surface area contributed by atoms with Crippen molar-refractivity contribution in [2.45, 2.75) is 53.0 Å². The van der Waals surface area contributed by atoms with E-state index in [4.69, 9.17) is 0 Å². The monoisotopic (exact) mass is 183 g/mol. The zero-order chi connectivity index (χ0) is 9.84. The van der Waals surface area contributed by atoms with E-state index in [0.717, 1.165) is 17.9 Å². The molecule has 0 aromatic rings. The molecule has 1 aliphatic heterocycles. The lowest BCUT2D eigenvalue weighted by atomic mass is 9.88. The Kier molecular flexibility index (Phi) is 4.24. The summed E-state index contributed by atoms with van der Waals surface area (Å²) in [4.78, 5) is 2.61. The van der Waals surface area contributed by atoms with Crippen molar-refractivity contribution in [3.63, 3.8) is 0 Å². The van der Waals surface area contributed by atoms with Crippen LogP contribution in [0.5, 0.6) is 0 Å². The Bertz CT molecular complexity index is 132. The van der Waals surface area contributed by atoms with Crippen molar-refractivity contribution in [1.82, 2.24) is 4.90 Å². The molecule has 0 bridgehead atoms. The van der Waals surface area contributed by atoms with Gasteiger partial charge in [-0.15, -0.1) is 0 Å². The zero-order valence-corrected chi connectivity index (χ0v) is 9.71. The Morgan fingerprint density at radius 1 is 1.08 bits per heavy atom. The van der Waals surface area contributed by atoms with Gasteiger partial charge in [-0.25, -0.2) is 0 Å². The zero-order valence-electron chi connectivity index (χ0n) is 9.71. The summed E-state index contributed by atoms with van der Waals surface area (Å²) < 4.78 is 0. The van der Waals surface area contributed by atoms with E-state index in [1.165, 1.54) is 32.4 Å². The largest absolute Gasteiger partial charge is 0.301 e. The molecule has 1 saturated heterocycles. The Hall–Kier alpha value is -0.0400. The van der Waals surface area contributed by atoms with Crippen LogP contribution in [0.15, 0.2) is 0 Å². The maximum atomic E-state index is 2.61. The van der Waals surface area contributed by atoms with Gasteiger partial charge in [0.15, 0.2) is 0 Å². The molecule has 1 aliphatic rings. The highest BCUT2D eigenvalue weighted by Gasteiger charge is 2.20. The summed E-state index contributed by atoms with van der Waals surface area (Å²) in [5.41, 5.74) is 0. The molecule has 0 aliphatic carbocycles. The lowest BCUT2D eigenvalue weighted by molar-refractivity contribution is 0.139. The summed E-state index contributed by atoms with van der Waals surface area (Å²) in [5.74, 6) is 1.89. The molecule has 0 saturated carbocycles. The van der Waals surface area contributed by atoms with Gasteiger partial charge in [-0.05, 0) is 58.0 Å². The molecule has 1 heterocycles. The van der Waals surface area contributed by atoms with Gasteiger partial charge in [-0.1, -0.05) is 13.8 Å². The minimum Gasteiger partial charge on any atom is -0.301 e. The molecule has 0 spiro atoms. The van der Waals surface area contributed by atoms with Crippen LogP contribution in [-0.4, -0.2) is 24.0 Å². The van der Waals surface area contributed by atoms with Crippen LogP contribution in [0.25, 0.3) is 0 Å². The number of piperidine rings is 1. The first-order valence-corrected chi connectivity index (χ1v) is 5.83.